The molecule has 0 saturated carbocycles. The summed E-state index contributed by atoms with van der Waals surface area (Å²) in [6.45, 7) is 12.5. The standard InChI is InChI=1S/C26H26N2O2.C4H10O/c1-15(2)21-6-4-19-22(28-21)14-16(3)18(9-12-29)25(19)20-5-7-23-24-17(10-13-30-23)8-11-27-26(20)24;1-4(2,3)5/h4-8,11,14-15,29H,9-10,12-13H2,1-3H3;5H,1-3H3. The van der Waals surface area contributed by atoms with Crippen molar-refractivity contribution in [3.05, 3.63) is 65.0 Å². The highest BCUT2D eigenvalue weighted by Crippen LogP contribution is 2.42. The number of aromatic nitrogens is 2. The van der Waals surface area contributed by atoms with Gasteiger partial charge in [-0.2, -0.15) is 0 Å². The monoisotopic (exact) mass is 472 g/mol. The molecular formula is C30H36N2O3. The maximum atomic E-state index is 9.80. The van der Waals surface area contributed by atoms with Crippen molar-refractivity contribution in [1.82, 2.24) is 9.97 Å². The summed E-state index contributed by atoms with van der Waals surface area (Å²) < 4.78 is 5.93. The number of pyridine rings is 2. The summed E-state index contributed by atoms with van der Waals surface area (Å²) in [6.07, 6.45) is 3.39. The van der Waals surface area contributed by atoms with Crippen LogP contribution in [-0.2, 0) is 12.8 Å². The fourth-order valence-corrected chi connectivity index (χ4v) is 4.63. The fraction of sp³-hybridized carbons (Fsp3) is 0.400. The quantitative estimate of drug-likeness (QED) is 0.374. The maximum Gasteiger partial charge on any atom is 0.129 e. The van der Waals surface area contributed by atoms with Crippen LogP contribution in [0.15, 0.2) is 42.6 Å². The highest BCUT2D eigenvalue weighted by molar-refractivity contribution is 6.07. The van der Waals surface area contributed by atoms with Gasteiger partial charge >= 0.3 is 0 Å². The summed E-state index contributed by atoms with van der Waals surface area (Å²) in [5.41, 5.74) is 8.34. The van der Waals surface area contributed by atoms with E-state index in [0.717, 1.165) is 61.9 Å². The van der Waals surface area contributed by atoms with Gasteiger partial charge in [0, 0.05) is 41.3 Å². The molecule has 2 N–H and O–H groups in total. The van der Waals surface area contributed by atoms with Crippen LogP contribution in [0.2, 0.25) is 0 Å². The van der Waals surface area contributed by atoms with Crippen LogP contribution >= 0.6 is 0 Å². The van der Waals surface area contributed by atoms with Gasteiger partial charge in [-0.15, -0.1) is 0 Å². The Morgan fingerprint density at radius 1 is 1.09 bits per heavy atom. The van der Waals surface area contributed by atoms with E-state index in [2.05, 4.69) is 57.2 Å². The van der Waals surface area contributed by atoms with E-state index in [1.54, 1.807) is 20.8 Å². The van der Waals surface area contributed by atoms with Crippen molar-refractivity contribution in [2.24, 2.45) is 0 Å². The molecule has 0 spiro atoms. The minimum atomic E-state index is -0.500. The number of hydrogen-bond acceptors (Lipinski definition) is 5. The van der Waals surface area contributed by atoms with Crippen molar-refractivity contribution in [2.45, 2.75) is 65.9 Å². The number of nitrogens with zero attached hydrogens (tertiary/aromatic N) is 2. The Balaban J connectivity index is 0.000000527. The van der Waals surface area contributed by atoms with Gasteiger partial charge in [0.1, 0.15) is 5.75 Å². The van der Waals surface area contributed by atoms with Crippen LogP contribution < -0.4 is 4.74 Å². The summed E-state index contributed by atoms with van der Waals surface area (Å²) in [5.74, 6) is 1.28. The summed E-state index contributed by atoms with van der Waals surface area (Å²) in [4.78, 5) is 9.74. The Morgan fingerprint density at radius 2 is 1.83 bits per heavy atom. The summed E-state index contributed by atoms with van der Waals surface area (Å²) in [7, 11) is 0. The number of aryl methyl sites for hydroxylation is 1. The molecular weight excluding hydrogens is 436 g/mol. The predicted octanol–water partition coefficient (Wildman–Crippen LogP) is 6.13. The molecule has 1 aliphatic rings. The van der Waals surface area contributed by atoms with Crippen LogP contribution in [0.3, 0.4) is 0 Å². The first-order valence-electron chi connectivity index (χ1n) is 12.4. The zero-order valence-electron chi connectivity index (χ0n) is 21.6. The summed E-state index contributed by atoms with van der Waals surface area (Å²) in [5, 5.41) is 20.5. The number of ether oxygens (including phenoxy) is 1. The summed E-state index contributed by atoms with van der Waals surface area (Å²) >= 11 is 0. The van der Waals surface area contributed by atoms with Crippen molar-refractivity contribution in [2.75, 3.05) is 13.2 Å². The highest BCUT2D eigenvalue weighted by atomic mass is 16.5. The van der Waals surface area contributed by atoms with Gasteiger partial charge in [-0.25, -0.2) is 0 Å². The topological polar surface area (TPSA) is 75.5 Å². The van der Waals surface area contributed by atoms with Crippen molar-refractivity contribution in [1.29, 1.82) is 0 Å². The molecule has 0 atom stereocenters. The highest BCUT2D eigenvalue weighted by Gasteiger charge is 2.21. The van der Waals surface area contributed by atoms with Gasteiger partial charge in [0.25, 0.3) is 0 Å². The molecule has 0 aliphatic carbocycles. The van der Waals surface area contributed by atoms with Gasteiger partial charge in [-0.1, -0.05) is 19.9 Å². The number of hydrogen-bond donors (Lipinski definition) is 2. The van der Waals surface area contributed by atoms with E-state index in [0.29, 0.717) is 18.9 Å². The van der Waals surface area contributed by atoms with Crippen molar-refractivity contribution in [3.8, 4) is 16.9 Å². The summed E-state index contributed by atoms with van der Waals surface area (Å²) in [6, 6.07) is 12.7. The minimum absolute atomic E-state index is 0.106. The Kier molecular flexibility index (Phi) is 7.11. The third kappa shape index (κ3) is 5.31. The zero-order valence-corrected chi connectivity index (χ0v) is 21.6. The first-order chi connectivity index (χ1) is 16.6. The molecule has 184 valence electrons. The van der Waals surface area contributed by atoms with Gasteiger partial charge in [0.05, 0.1) is 23.2 Å². The fourth-order valence-electron chi connectivity index (χ4n) is 4.63. The van der Waals surface area contributed by atoms with Gasteiger partial charge in [-0.3, -0.25) is 9.97 Å². The Labute approximate surface area is 207 Å². The van der Waals surface area contributed by atoms with Gasteiger partial charge in [-0.05, 0) is 92.6 Å². The smallest absolute Gasteiger partial charge is 0.129 e. The van der Waals surface area contributed by atoms with Gasteiger partial charge in [0.15, 0.2) is 0 Å². The van der Waals surface area contributed by atoms with E-state index in [1.165, 1.54) is 5.56 Å². The van der Waals surface area contributed by atoms with Crippen LogP contribution in [0, 0.1) is 6.92 Å². The predicted molar refractivity (Wildman–Crippen MR) is 143 cm³/mol. The maximum absolute atomic E-state index is 9.80. The third-order valence-electron chi connectivity index (χ3n) is 6.14. The van der Waals surface area contributed by atoms with E-state index in [9.17, 15) is 5.11 Å². The van der Waals surface area contributed by atoms with Crippen molar-refractivity contribution < 1.29 is 14.9 Å². The lowest BCUT2D eigenvalue weighted by Crippen LogP contribution is -2.10. The Bertz CT molecular complexity index is 1350. The van der Waals surface area contributed by atoms with Gasteiger partial charge < -0.3 is 14.9 Å². The lowest BCUT2D eigenvalue weighted by Gasteiger charge is -2.22. The minimum Gasteiger partial charge on any atom is -0.493 e. The second-order valence-electron chi connectivity index (χ2n) is 10.6. The van der Waals surface area contributed by atoms with Crippen LogP contribution in [0.4, 0.5) is 0 Å². The molecule has 0 unspecified atom stereocenters. The molecule has 4 aromatic rings. The van der Waals surface area contributed by atoms with Crippen molar-refractivity contribution in [3.63, 3.8) is 0 Å². The van der Waals surface area contributed by atoms with E-state index in [1.807, 2.05) is 6.20 Å². The normalized spacial score (nSPS) is 13.1. The molecule has 5 rings (SSSR count). The average Bonchev–Trinajstić information content (AvgIpc) is 2.79. The molecule has 1 aliphatic heterocycles. The Morgan fingerprint density at radius 3 is 2.51 bits per heavy atom. The second-order valence-corrected chi connectivity index (χ2v) is 10.6. The van der Waals surface area contributed by atoms with E-state index < -0.39 is 5.60 Å². The molecule has 3 heterocycles. The van der Waals surface area contributed by atoms with Crippen LogP contribution in [0.1, 0.15) is 62.9 Å². The number of fused-ring (bicyclic) bond motifs is 1. The van der Waals surface area contributed by atoms with Crippen LogP contribution in [0.5, 0.6) is 5.75 Å². The first-order valence-corrected chi connectivity index (χ1v) is 12.4. The van der Waals surface area contributed by atoms with Crippen LogP contribution in [0.25, 0.3) is 32.9 Å². The molecule has 5 nitrogen and oxygen atoms in total. The first kappa shape index (κ1) is 25.1. The van der Waals surface area contributed by atoms with E-state index >= 15 is 0 Å². The molecule has 0 fully saturated rings. The molecule has 0 saturated heterocycles. The number of rotatable bonds is 4. The van der Waals surface area contributed by atoms with Crippen molar-refractivity contribution >= 4 is 21.8 Å². The molecule has 2 aromatic heterocycles. The lowest BCUT2D eigenvalue weighted by atomic mass is 9.87. The molecule has 35 heavy (non-hydrogen) atoms. The second kappa shape index (κ2) is 9.92. The lowest BCUT2D eigenvalue weighted by molar-refractivity contribution is 0.102. The molecule has 5 heteroatoms. The molecule has 0 amide bonds. The number of aliphatic hydroxyl groups excluding tert-OH is 1. The van der Waals surface area contributed by atoms with E-state index in [4.69, 9.17) is 19.8 Å². The van der Waals surface area contributed by atoms with Crippen LogP contribution in [-0.4, -0.2) is 39.0 Å². The largest absolute Gasteiger partial charge is 0.493 e. The van der Waals surface area contributed by atoms with E-state index in [-0.39, 0.29) is 6.61 Å². The SMILES string of the molecule is CC(C)(C)O.Cc1cc2nc(C(C)C)ccc2c(-c2ccc3c4c(ccnc24)CCO3)c1CCO. The molecule has 0 radical (unpaired) electrons. The number of benzene rings is 2. The zero-order chi connectivity index (χ0) is 25.3. The third-order valence-corrected chi connectivity index (χ3v) is 6.14. The molecule has 2 aromatic carbocycles. The molecule has 0 bridgehead atoms. The van der Waals surface area contributed by atoms with Gasteiger partial charge in [0.2, 0.25) is 0 Å². The number of aliphatic hydroxyl groups is 2. The Hall–Kier alpha value is -3.02. The average molecular weight is 473 g/mol.